The van der Waals surface area contributed by atoms with Crippen molar-refractivity contribution in [3.8, 4) is 0 Å². The molecule has 0 spiro atoms. The Morgan fingerprint density at radius 3 is 2.88 bits per heavy atom. The third-order valence-corrected chi connectivity index (χ3v) is 3.75. The van der Waals surface area contributed by atoms with Crippen molar-refractivity contribution in [2.24, 2.45) is 5.92 Å². The number of halogens is 1. The molecular weight excluding hydrogens is 264 g/mol. The Kier molecular flexibility index (Phi) is 4.36. The molecule has 0 amide bonds. The lowest BCUT2D eigenvalue weighted by Gasteiger charge is -2.34. The molecule has 1 aliphatic rings. The Labute approximate surface area is 106 Å². The molecule has 1 saturated carbocycles. The first-order valence-corrected chi connectivity index (χ1v) is 6.94. The van der Waals surface area contributed by atoms with Gasteiger partial charge in [0, 0.05) is 22.9 Å². The van der Waals surface area contributed by atoms with E-state index in [0.717, 1.165) is 16.9 Å². The molecule has 2 rings (SSSR count). The zero-order valence-corrected chi connectivity index (χ0v) is 11.3. The summed E-state index contributed by atoms with van der Waals surface area (Å²) in [5.74, 6) is 0.808. The van der Waals surface area contributed by atoms with Crippen LogP contribution in [0, 0.1) is 5.92 Å². The quantitative estimate of drug-likeness (QED) is 0.891. The van der Waals surface area contributed by atoms with Crippen LogP contribution < -0.4 is 5.32 Å². The zero-order valence-electron chi connectivity index (χ0n) is 9.75. The second kappa shape index (κ2) is 5.78. The van der Waals surface area contributed by atoms with Crippen molar-refractivity contribution in [1.82, 2.24) is 10.3 Å². The van der Waals surface area contributed by atoms with E-state index >= 15 is 0 Å². The summed E-state index contributed by atoms with van der Waals surface area (Å²) >= 11 is 3.50. The number of hydrogen-bond acceptors (Lipinski definition) is 2. The summed E-state index contributed by atoms with van der Waals surface area (Å²) in [6, 6.07) is 2.69. The molecule has 0 saturated heterocycles. The lowest BCUT2D eigenvalue weighted by atomic mass is 9.77. The van der Waals surface area contributed by atoms with Gasteiger partial charge < -0.3 is 5.32 Å². The fourth-order valence-corrected chi connectivity index (χ4v) is 2.61. The minimum Gasteiger partial charge on any atom is -0.310 e. The highest BCUT2D eigenvalue weighted by molar-refractivity contribution is 9.10. The molecule has 1 N–H and O–H groups in total. The van der Waals surface area contributed by atoms with Crippen molar-refractivity contribution in [1.29, 1.82) is 0 Å². The van der Waals surface area contributed by atoms with Crippen LogP contribution >= 0.6 is 15.9 Å². The summed E-state index contributed by atoms with van der Waals surface area (Å²) in [6.45, 7) is 3.30. The van der Waals surface area contributed by atoms with Crippen molar-refractivity contribution in [3.05, 3.63) is 28.5 Å². The first-order chi connectivity index (χ1) is 7.81. The predicted molar refractivity (Wildman–Crippen MR) is 70.3 cm³/mol. The van der Waals surface area contributed by atoms with Crippen molar-refractivity contribution in [3.63, 3.8) is 0 Å². The third-order valence-electron chi connectivity index (χ3n) is 3.32. The number of rotatable bonds is 5. The van der Waals surface area contributed by atoms with E-state index in [1.807, 2.05) is 12.4 Å². The second-order valence-corrected chi connectivity index (χ2v) is 5.47. The number of aromatic nitrogens is 1. The average Bonchev–Trinajstić information content (AvgIpc) is 2.21. The molecule has 1 heterocycles. The zero-order chi connectivity index (χ0) is 11.4. The molecule has 1 aliphatic carbocycles. The predicted octanol–water partition coefficient (Wildman–Crippen LogP) is 3.68. The van der Waals surface area contributed by atoms with E-state index in [1.165, 1.54) is 31.2 Å². The molecule has 3 heteroatoms. The van der Waals surface area contributed by atoms with E-state index in [9.17, 15) is 0 Å². The number of hydrogen-bond donors (Lipinski definition) is 1. The first kappa shape index (κ1) is 12.1. The Bertz CT molecular complexity index is 336. The van der Waals surface area contributed by atoms with Gasteiger partial charge in [-0.25, -0.2) is 0 Å². The molecule has 1 aromatic rings. The van der Waals surface area contributed by atoms with Crippen molar-refractivity contribution in [2.75, 3.05) is 6.54 Å². The largest absolute Gasteiger partial charge is 0.310 e. The van der Waals surface area contributed by atoms with Gasteiger partial charge in [0.15, 0.2) is 0 Å². The highest BCUT2D eigenvalue weighted by Gasteiger charge is 2.28. The highest BCUT2D eigenvalue weighted by atomic mass is 79.9. The standard InChI is InChI=1S/C13H19BrN2/c1-2-6-16-13(10-4-3-5-10)11-7-12(14)9-15-8-11/h7-10,13,16H,2-6H2,1H3. The van der Waals surface area contributed by atoms with E-state index in [1.54, 1.807) is 0 Å². The molecule has 1 unspecified atom stereocenters. The molecular formula is C13H19BrN2. The maximum Gasteiger partial charge on any atom is 0.0410 e. The van der Waals surface area contributed by atoms with E-state index in [-0.39, 0.29) is 0 Å². The number of nitrogens with one attached hydrogen (secondary N) is 1. The highest BCUT2D eigenvalue weighted by Crippen LogP contribution is 2.37. The van der Waals surface area contributed by atoms with E-state index < -0.39 is 0 Å². The molecule has 16 heavy (non-hydrogen) atoms. The summed E-state index contributed by atoms with van der Waals surface area (Å²) in [5, 5.41) is 3.65. The van der Waals surface area contributed by atoms with Gasteiger partial charge in [0.2, 0.25) is 0 Å². The molecule has 1 fully saturated rings. The molecule has 2 nitrogen and oxygen atoms in total. The monoisotopic (exact) mass is 282 g/mol. The Morgan fingerprint density at radius 2 is 2.31 bits per heavy atom. The molecule has 88 valence electrons. The van der Waals surface area contributed by atoms with Crippen LogP contribution in [0.25, 0.3) is 0 Å². The molecule has 0 bridgehead atoms. The van der Waals surface area contributed by atoms with Gasteiger partial charge in [0.25, 0.3) is 0 Å². The van der Waals surface area contributed by atoms with Crippen LogP contribution in [0.5, 0.6) is 0 Å². The van der Waals surface area contributed by atoms with Crippen LogP contribution in [0.2, 0.25) is 0 Å². The maximum absolute atomic E-state index is 4.27. The molecule has 1 aromatic heterocycles. The van der Waals surface area contributed by atoms with Crippen LogP contribution in [0.4, 0.5) is 0 Å². The van der Waals surface area contributed by atoms with Crippen molar-refractivity contribution < 1.29 is 0 Å². The van der Waals surface area contributed by atoms with Crippen LogP contribution in [-0.4, -0.2) is 11.5 Å². The minimum atomic E-state index is 0.499. The Balaban J connectivity index is 2.10. The fraction of sp³-hybridized carbons (Fsp3) is 0.615. The Morgan fingerprint density at radius 1 is 1.50 bits per heavy atom. The van der Waals surface area contributed by atoms with Crippen LogP contribution in [0.15, 0.2) is 22.9 Å². The van der Waals surface area contributed by atoms with Gasteiger partial charge in [-0.2, -0.15) is 0 Å². The molecule has 0 radical (unpaired) electrons. The number of nitrogens with zero attached hydrogens (tertiary/aromatic N) is 1. The number of pyridine rings is 1. The van der Waals surface area contributed by atoms with Crippen LogP contribution in [0.1, 0.15) is 44.2 Å². The summed E-state index contributed by atoms with van der Waals surface area (Å²) < 4.78 is 1.08. The summed E-state index contributed by atoms with van der Waals surface area (Å²) in [5.41, 5.74) is 1.33. The lowest BCUT2D eigenvalue weighted by molar-refractivity contribution is 0.231. The minimum absolute atomic E-state index is 0.499. The molecule has 1 atom stereocenters. The van der Waals surface area contributed by atoms with Gasteiger partial charge >= 0.3 is 0 Å². The second-order valence-electron chi connectivity index (χ2n) is 4.56. The first-order valence-electron chi connectivity index (χ1n) is 6.15. The lowest BCUT2D eigenvalue weighted by Crippen LogP contribution is -2.32. The summed E-state index contributed by atoms with van der Waals surface area (Å²) in [6.07, 6.45) is 9.13. The smallest absolute Gasteiger partial charge is 0.0410 e. The normalized spacial score (nSPS) is 18.1. The SMILES string of the molecule is CCCNC(c1cncc(Br)c1)C1CCC1. The van der Waals surface area contributed by atoms with E-state index in [2.05, 4.69) is 39.2 Å². The van der Waals surface area contributed by atoms with Gasteiger partial charge in [-0.15, -0.1) is 0 Å². The Hall–Kier alpha value is -0.410. The van der Waals surface area contributed by atoms with Gasteiger partial charge in [0.05, 0.1) is 0 Å². The van der Waals surface area contributed by atoms with Gasteiger partial charge in [-0.3, -0.25) is 4.98 Å². The average molecular weight is 283 g/mol. The summed E-state index contributed by atoms with van der Waals surface area (Å²) in [7, 11) is 0. The van der Waals surface area contributed by atoms with Crippen molar-refractivity contribution >= 4 is 15.9 Å². The van der Waals surface area contributed by atoms with Gasteiger partial charge in [-0.1, -0.05) is 13.3 Å². The van der Waals surface area contributed by atoms with E-state index in [4.69, 9.17) is 0 Å². The summed E-state index contributed by atoms with van der Waals surface area (Å²) in [4.78, 5) is 4.27. The fourth-order valence-electron chi connectivity index (χ4n) is 2.23. The topological polar surface area (TPSA) is 24.9 Å². The van der Waals surface area contributed by atoms with Gasteiger partial charge in [0.1, 0.15) is 0 Å². The van der Waals surface area contributed by atoms with Gasteiger partial charge in [-0.05, 0) is 59.3 Å². The van der Waals surface area contributed by atoms with Crippen LogP contribution in [0.3, 0.4) is 0 Å². The maximum atomic E-state index is 4.27. The molecule has 0 aliphatic heterocycles. The molecule has 0 aromatic carbocycles. The van der Waals surface area contributed by atoms with Crippen molar-refractivity contribution in [2.45, 2.75) is 38.6 Å². The third kappa shape index (κ3) is 2.83. The van der Waals surface area contributed by atoms with Crippen LogP contribution in [-0.2, 0) is 0 Å². The van der Waals surface area contributed by atoms with E-state index in [0.29, 0.717) is 6.04 Å².